The smallest absolute Gasteiger partial charge is 0.123 e. The third-order valence-corrected chi connectivity index (χ3v) is 6.58. The molecule has 0 aliphatic carbocycles. The zero-order chi connectivity index (χ0) is 22.5. The van der Waals surface area contributed by atoms with Gasteiger partial charge in [0.2, 0.25) is 0 Å². The molecule has 0 saturated carbocycles. The van der Waals surface area contributed by atoms with Gasteiger partial charge in [-0.1, -0.05) is 30.3 Å². The van der Waals surface area contributed by atoms with E-state index in [1.807, 2.05) is 11.6 Å². The summed E-state index contributed by atoms with van der Waals surface area (Å²) in [6.07, 6.45) is 1.82. The number of piperazine rings is 1. The van der Waals surface area contributed by atoms with E-state index < -0.39 is 0 Å². The maximum atomic E-state index is 13.3. The normalized spacial score (nSPS) is 17.7. The molecule has 1 N–H and O–H groups in total. The van der Waals surface area contributed by atoms with Crippen LogP contribution < -0.4 is 0 Å². The third-order valence-electron chi connectivity index (χ3n) is 6.58. The number of rotatable bonds is 8. The number of nitrogens with zero attached hydrogens (tertiary/aromatic N) is 4. The lowest BCUT2D eigenvalue weighted by Crippen LogP contribution is -2.53. The lowest BCUT2D eigenvalue weighted by Gasteiger charge is -2.41. The number of benzene rings is 2. The fraction of sp³-hybridized carbons (Fsp3) is 0.423. The molecule has 5 nitrogen and oxygen atoms in total. The molecule has 4 rings (SSSR count). The molecule has 1 atom stereocenters. The van der Waals surface area contributed by atoms with Crippen molar-refractivity contribution in [3.05, 3.63) is 82.9 Å². The topological polar surface area (TPSA) is 44.5 Å². The highest BCUT2D eigenvalue weighted by atomic mass is 19.1. The van der Waals surface area contributed by atoms with Gasteiger partial charge in [0, 0.05) is 56.6 Å². The highest BCUT2D eigenvalue weighted by Crippen LogP contribution is 2.22. The van der Waals surface area contributed by atoms with Crippen molar-refractivity contribution in [1.29, 1.82) is 0 Å². The third kappa shape index (κ3) is 5.26. The molecule has 1 aliphatic rings. The highest BCUT2D eigenvalue weighted by Gasteiger charge is 2.27. The van der Waals surface area contributed by atoms with Gasteiger partial charge in [0.1, 0.15) is 5.82 Å². The Hall–Kier alpha value is -2.54. The van der Waals surface area contributed by atoms with Crippen molar-refractivity contribution in [3.63, 3.8) is 0 Å². The van der Waals surface area contributed by atoms with Gasteiger partial charge in [0.05, 0.1) is 11.4 Å². The molecule has 2 heterocycles. The summed E-state index contributed by atoms with van der Waals surface area (Å²) >= 11 is 0. The number of aromatic nitrogens is 2. The molecule has 2 aromatic carbocycles. The maximum absolute atomic E-state index is 13.3. The first-order valence-electron chi connectivity index (χ1n) is 11.5. The summed E-state index contributed by atoms with van der Waals surface area (Å²) in [5, 5.41) is 14.4. The quantitative estimate of drug-likeness (QED) is 0.584. The molecular weight excluding hydrogens is 403 g/mol. The molecule has 170 valence electrons. The number of hydrogen-bond acceptors (Lipinski definition) is 4. The summed E-state index contributed by atoms with van der Waals surface area (Å²) in [4.78, 5) is 5.01. The molecule has 6 heteroatoms. The monoisotopic (exact) mass is 436 g/mol. The molecular formula is C26H33FN4O. The van der Waals surface area contributed by atoms with Crippen molar-refractivity contribution in [2.75, 3.05) is 32.8 Å². The second-order valence-corrected chi connectivity index (χ2v) is 8.71. The van der Waals surface area contributed by atoms with E-state index in [1.54, 1.807) is 12.1 Å². The van der Waals surface area contributed by atoms with Crippen LogP contribution in [0.4, 0.5) is 4.39 Å². The number of aryl methyl sites for hydroxylation is 1. The Kier molecular flexibility index (Phi) is 7.35. The Balaban J connectivity index is 1.42. The molecule has 3 aromatic rings. The summed E-state index contributed by atoms with van der Waals surface area (Å²) < 4.78 is 15.2. The number of aliphatic hydroxyl groups is 1. The van der Waals surface area contributed by atoms with Crippen LogP contribution in [-0.4, -0.2) is 63.5 Å². The molecule has 0 bridgehead atoms. The molecule has 0 amide bonds. The first kappa shape index (κ1) is 22.6. The minimum atomic E-state index is -0.240. The van der Waals surface area contributed by atoms with Crippen molar-refractivity contribution < 1.29 is 9.50 Å². The minimum absolute atomic E-state index is 0.209. The van der Waals surface area contributed by atoms with E-state index >= 15 is 0 Å². The summed E-state index contributed by atoms with van der Waals surface area (Å²) in [5.41, 5.74) is 5.57. The zero-order valence-corrected chi connectivity index (χ0v) is 19.0. The second-order valence-electron chi connectivity index (χ2n) is 8.71. The Labute approximate surface area is 190 Å². The van der Waals surface area contributed by atoms with Crippen LogP contribution in [0.3, 0.4) is 0 Å². The van der Waals surface area contributed by atoms with E-state index in [9.17, 15) is 9.50 Å². The van der Waals surface area contributed by atoms with Crippen LogP contribution in [0, 0.1) is 19.7 Å². The van der Waals surface area contributed by atoms with Crippen LogP contribution in [0.15, 0.2) is 54.6 Å². The van der Waals surface area contributed by atoms with Gasteiger partial charge in [-0.15, -0.1) is 0 Å². The van der Waals surface area contributed by atoms with Crippen LogP contribution in [0.2, 0.25) is 0 Å². The lowest BCUT2D eigenvalue weighted by atomic mass is 10.1. The Morgan fingerprint density at radius 3 is 2.50 bits per heavy atom. The van der Waals surface area contributed by atoms with Crippen LogP contribution in [-0.2, 0) is 13.0 Å². The van der Waals surface area contributed by atoms with Crippen molar-refractivity contribution in [1.82, 2.24) is 19.6 Å². The number of aliphatic hydroxyl groups excluding tert-OH is 1. The largest absolute Gasteiger partial charge is 0.396 e. The van der Waals surface area contributed by atoms with Crippen molar-refractivity contribution in [2.24, 2.45) is 0 Å². The highest BCUT2D eigenvalue weighted by molar-refractivity contribution is 5.37. The summed E-state index contributed by atoms with van der Waals surface area (Å²) in [7, 11) is 0. The van der Waals surface area contributed by atoms with Gasteiger partial charge in [-0.2, -0.15) is 5.10 Å². The van der Waals surface area contributed by atoms with E-state index in [-0.39, 0.29) is 12.4 Å². The molecule has 1 fully saturated rings. The summed E-state index contributed by atoms with van der Waals surface area (Å²) in [5.74, 6) is -0.240. The van der Waals surface area contributed by atoms with E-state index in [1.165, 1.54) is 23.3 Å². The molecule has 1 aliphatic heterocycles. The van der Waals surface area contributed by atoms with Gasteiger partial charge < -0.3 is 5.11 Å². The van der Waals surface area contributed by atoms with E-state index in [2.05, 4.69) is 47.1 Å². The summed E-state index contributed by atoms with van der Waals surface area (Å²) in [6.45, 7) is 9.13. The SMILES string of the molecule is Cc1nn(-c2ccc(F)cc2)c(C)c1CN1CCN(CCc2ccccc2)[C@@H](CCO)C1. The van der Waals surface area contributed by atoms with Crippen LogP contribution in [0.25, 0.3) is 5.69 Å². The van der Waals surface area contributed by atoms with Crippen molar-refractivity contribution in [3.8, 4) is 5.69 Å². The predicted molar refractivity (Wildman–Crippen MR) is 125 cm³/mol. The van der Waals surface area contributed by atoms with Gasteiger partial charge in [-0.3, -0.25) is 9.80 Å². The Bertz CT molecular complexity index is 1000. The second kappa shape index (κ2) is 10.4. The Morgan fingerprint density at radius 2 is 1.78 bits per heavy atom. The summed E-state index contributed by atoms with van der Waals surface area (Å²) in [6, 6.07) is 17.4. The lowest BCUT2D eigenvalue weighted by molar-refractivity contribution is 0.0560. The van der Waals surface area contributed by atoms with Gasteiger partial charge in [-0.25, -0.2) is 9.07 Å². The molecule has 0 radical (unpaired) electrons. The van der Waals surface area contributed by atoms with Gasteiger partial charge in [0.25, 0.3) is 0 Å². The fourth-order valence-electron chi connectivity index (χ4n) is 4.70. The van der Waals surface area contributed by atoms with Crippen LogP contribution in [0.5, 0.6) is 0 Å². The maximum Gasteiger partial charge on any atom is 0.123 e. The average Bonchev–Trinajstić information content (AvgIpc) is 3.08. The number of hydrogen-bond donors (Lipinski definition) is 1. The number of halogens is 1. The predicted octanol–water partition coefficient (Wildman–Crippen LogP) is 3.74. The van der Waals surface area contributed by atoms with Crippen LogP contribution in [0.1, 0.15) is 28.9 Å². The van der Waals surface area contributed by atoms with Gasteiger partial charge >= 0.3 is 0 Å². The Morgan fingerprint density at radius 1 is 1.03 bits per heavy atom. The van der Waals surface area contributed by atoms with E-state index in [0.717, 1.165) is 62.6 Å². The fourth-order valence-corrected chi connectivity index (χ4v) is 4.70. The first-order chi connectivity index (χ1) is 15.5. The molecule has 0 spiro atoms. The minimum Gasteiger partial charge on any atom is -0.396 e. The first-order valence-corrected chi connectivity index (χ1v) is 11.5. The molecule has 0 unspecified atom stereocenters. The van der Waals surface area contributed by atoms with Crippen molar-refractivity contribution >= 4 is 0 Å². The zero-order valence-electron chi connectivity index (χ0n) is 19.0. The molecule has 1 aromatic heterocycles. The van der Waals surface area contributed by atoms with E-state index in [0.29, 0.717) is 6.04 Å². The standard InChI is InChI=1S/C26H33FN4O/c1-20-26(21(2)31(28-20)24-10-8-23(27)9-11-24)19-29-15-16-30(25(18-29)13-17-32)14-12-22-6-4-3-5-7-22/h3-11,25,32H,12-19H2,1-2H3/t25-/m0/s1. The van der Waals surface area contributed by atoms with Gasteiger partial charge in [-0.05, 0) is 56.5 Å². The average molecular weight is 437 g/mol. The van der Waals surface area contributed by atoms with E-state index in [4.69, 9.17) is 5.10 Å². The van der Waals surface area contributed by atoms with Crippen LogP contribution >= 0.6 is 0 Å². The van der Waals surface area contributed by atoms with Gasteiger partial charge in [0.15, 0.2) is 0 Å². The van der Waals surface area contributed by atoms with Crippen molar-refractivity contribution in [2.45, 2.75) is 39.3 Å². The molecule has 1 saturated heterocycles. The molecule has 32 heavy (non-hydrogen) atoms.